The number of hydrazone groups is 1. The SMILES string of the molecule is O=C(N/N=C/c1ccc[nH]1)c1ccc(F)cc1. The van der Waals surface area contributed by atoms with Gasteiger partial charge in [-0.3, -0.25) is 4.79 Å². The second-order valence-corrected chi connectivity index (χ2v) is 3.33. The summed E-state index contributed by atoms with van der Waals surface area (Å²) in [6.45, 7) is 0. The first-order chi connectivity index (χ1) is 8.25. The van der Waals surface area contributed by atoms with Gasteiger partial charge in [0, 0.05) is 11.8 Å². The van der Waals surface area contributed by atoms with Crippen molar-refractivity contribution in [1.82, 2.24) is 10.4 Å². The van der Waals surface area contributed by atoms with E-state index >= 15 is 0 Å². The van der Waals surface area contributed by atoms with Crippen LogP contribution >= 0.6 is 0 Å². The van der Waals surface area contributed by atoms with Crippen molar-refractivity contribution in [2.24, 2.45) is 5.10 Å². The number of nitrogens with one attached hydrogen (secondary N) is 2. The maximum absolute atomic E-state index is 12.6. The zero-order chi connectivity index (χ0) is 12.1. The molecule has 0 radical (unpaired) electrons. The van der Waals surface area contributed by atoms with Crippen molar-refractivity contribution in [1.29, 1.82) is 0 Å². The topological polar surface area (TPSA) is 57.2 Å². The number of nitrogens with zero attached hydrogens (tertiary/aromatic N) is 1. The van der Waals surface area contributed by atoms with Gasteiger partial charge in [-0.25, -0.2) is 9.82 Å². The van der Waals surface area contributed by atoms with Crippen LogP contribution in [-0.2, 0) is 0 Å². The number of hydrogen-bond donors (Lipinski definition) is 2. The van der Waals surface area contributed by atoms with Gasteiger partial charge in [0.1, 0.15) is 5.82 Å². The van der Waals surface area contributed by atoms with Crippen LogP contribution in [0.4, 0.5) is 4.39 Å². The second-order valence-electron chi connectivity index (χ2n) is 3.33. The third kappa shape index (κ3) is 3.01. The summed E-state index contributed by atoms with van der Waals surface area (Å²) in [5.74, 6) is -0.760. The number of hydrogen-bond acceptors (Lipinski definition) is 2. The van der Waals surface area contributed by atoms with Gasteiger partial charge in [-0.15, -0.1) is 0 Å². The molecular formula is C12H10FN3O. The fraction of sp³-hybridized carbons (Fsp3) is 0. The maximum Gasteiger partial charge on any atom is 0.271 e. The lowest BCUT2D eigenvalue weighted by atomic mass is 10.2. The third-order valence-electron chi connectivity index (χ3n) is 2.10. The van der Waals surface area contributed by atoms with E-state index in [0.717, 1.165) is 5.69 Å². The molecule has 5 heteroatoms. The van der Waals surface area contributed by atoms with Gasteiger partial charge in [0.05, 0.1) is 11.9 Å². The zero-order valence-electron chi connectivity index (χ0n) is 8.85. The Labute approximate surface area is 97.2 Å². The Morgan fingerprint density at radius 2 is 2.06 bits per heavy atom. The number of H-pyrrole nitrogens is 1. The van der Waals surface area contributed by atoms with Gasteiger partial charge in [0.15, 0.2) is 0 Å². The quantitative estimate of drug-likeness (QED) is 0.615. The number of benzene rings is 1. The molecule has 0 fully saturated rings. The van der Waals surface area contributed by atoms with E-state index in [2.05, 4.69) is 15.5 Å². The fourth-order valence-electron chi connectivity index (χ4n) is 1.25. The molecule has 0 bridgehead atoms. The standard InChI is InChI=1S/C12H10FN3O/c13-10-5-3-9(4-6-10)12(17)16-15-8-11-2-1-7-14-11/h1-8,14H,(H,16,17)/b15-8+. The van der Waals surface area contributed by atoms with Crippen LogP contribution in [0.15, 0.2) is 47.7 Å². The second kappa shape index (κ2) is 5.07. The number of aromatic amines is 1. The molecule has 4 nitrogen and oxygen atoms in total. The Morgan fingerprint density at radius 3 is 2.71 bits per heavy atom. The Balaban J connectivity index is 1.96. The summed E-state index contributed by atoms with van der Waals surface area (Å²) in [6.07, 6.45) is 3.24. The number of rotatable bonds is 3. The molecule has 2 aromatic rings. The van der Waals surface area contributed by atoms with E-state index in [1.807, 2.05) is 12.1 Å². The van der Waals surface area contributed by atoms with Crippen molar-refractivity contribution in [3.05, 3.63) is 59.7 Å². The summed E-state index contributed by atoms with van der Waals surface area (Å²) in [7, 11) is 0. The van der Waals surface area contributed by atoms with Crippen molar-refractivity contribution < 1.29 is 9.18 Å². The average molecular weight is 231 g/mol. The van der Waals surface area contributed by atoms with Crippen LogP contribution in [0.2, 0.25) is 0 Å². The lowest BCUT2D eigenvalue weighted by molar-refractivity contribution is 0.0955. The van der Waals surface area contributed by atoms with Gasteiger partial charge < -0.3 is 4.98 Å². The first-order valence-corrected chi connectivity index (χ1v) is 4.98. The van der Waals surface area contributed by atoms with Crippen molar-refractivity contribution in [2.45, 2.75) is 0 Å². The van der Waals surface area contributed by atoms with Crippen LogP contribution in [0, 0.1) is 5.82 Å². The maximum atomic E-state index is 12.6. The first kappa shape index (κ1) is 11.1. The predicted octanol–water partition coefficient (Wildman–Crippen LogP) is 1.92. The van der Waals surface area contributed by atoms with Crippen LogP contribution in [-0.4, -0.2) is 17.1 Å². The van der Waals surface area contributed by atoms with Gasteiger partial charge in [-0.2, -0.15) is 5.10 Å². The average Bonchev–Trinajstić information content (AvgIpc) is 2.83. The molecule has 0 atom stereocenters. The molecule has 0 spiro atoms. The van der Waals surface area contributed by atoms with Crippen LogP contribution in [0.5, 0.6) is 0 Å². The van der Waals surface area contributed by atoms with Crippen molar-refractivity contribution in [3.63, 3.8) is 0 Å². The highest BCUT2D eigenvalue weighted by molar-refractivity contribution is 5.94. The summed E-state index contributed by atoms with van der Waals surface area (Å²) in [6, 6.07) is 8.88. The molecule has 0 saturated carbocycles. The van der Waals surface area contributed by atoms with E-state index in [0.29, 0.717) is 5.56 Å². The van der Waals surface area contributed by atoms with Crippen LogP contribution < -0.4 is 5.43 Å². The minimum atomic E-state index is -0.382. The fourth-order valence-corrected chi connectivity index (χ4v) is 1.25. The molecular weight excluding hydrogens is 221 g/mol. The molecule has 0 aliphatic rings. The predicted molar refractivity (Wildman–Crippen MR) is 62.3 cm³/mol. The van der Waals surface area contributed by atoms with Crippen LogP contribution in [0.25, 0.3) is 0 Å². The van der Waals surface area contributed by atoms with Gasteiger partial charge >= 0.3 is 0 Å². The summed E-state index contributed by atoms with van der Waals surface area (Å²) >= 11 is 0. The van der Waals surface area contributed by atoms with Crippen LogP contribution in [0.1, 0.15) is 16.1 Å². The molecule has 2 N–H and O–H groups in total. The largest absolute Gasteiger partial charge is 0.360 e. The monoisotopic (exact) mass is 231 g/mol. The molecule has 1 amide bonds. The Hall–Kier alpha value is -2.43. The minimum Gasteiger partial charge on any atom is -0.360 e. The molecule has 2 rings (SSSR count). The highest BCUT2D eigenvalue weighted by Crippen LogP contribution is 2.02. The third-order valence-corrected chi connectivity index (χ3v) is 2.10. The molecule has 0 unspecified atom stereocenters. The molecule has 86 valence electrons. The molecule has 0 saturated heterocycles. The number of carbonyl (C=O) groups excluding carboxylic acids is 1. The zero-order valence-corrected chi connectivity index (χ0v) is 8.85. The van der Waals surface area contributed by atoms with Crippen molar-refractivity contribution >= 4 is 12.1 Å². The normalized spacial score (nSPS) is 10.6. The van der Waals surface area contributed by atoms with Crippen molar-refractivity contribution in [2.75, 3.05) is 0 Å². The summed E-state index contributed by atoms with van der Waals surface area (Å²) in [5.41, 5.74) is 3.48. The Kier molecular flexibility index (Phi) is 3.30. The van der Waals surface area contributed by atoms with Gasteiger partial charge in [0.25, 0.3) is 5.91 Å². The first-order valence-electron chi connectivity index (χ1n) is 4.98. The molecule has 0 aliphatic carbocycles. The van der Waals surface area contributed by atoms with Crippen LogP contribution in [0.3, 0.4) is 0 Å². The number of aromatic nitrogens is 1. The Morgan fingerprint density at radius 1 is 1.29 bits per heavy atom. The van der Waals surface area contributed by atoms with Crippen molar-refractivity contribution in [3.8, 4) is 0 Å². The Bertz CT molecular complexity index is 517. The number of amides is 1. The molecule has 17 heavy (non-hydrogen) atoms. The van der Waals surface area contributed by atoms with E-state index in [1.165, 1.54) is 30.5 Å². The smallest absolute Gasteiger partial charge is 0.271 e. The molecule has 1 heterocycles. The van der Waals surface area contributed by atoms with E-state index in [-0.39, 0.29) is 11.7 Å². The molecule has 1 aromatic carbocycles. The molecule has 1 aromatic heterocycles. The van der Waals surface area contributed by atoms with Gasteiger partial charge in [-0.05, 0) is 36.4 Å². The van der Waals surface area contributed by atoms with E-state index in [9.17, 15) is 9.18 Å². The highest BCUT2D eigenvalue weighted by Gasteiger charge is 2.03. The van der Waals surface area contributed by atoms with Gasteiger partial charge in [0.2, 0.25) is 0 Å². The van der Waals surface area contributed by atoms with E-state index in [1.54, 1.807) is 6.20 Å². The number of carbonyl (C=O) groups is 1. The lowest BCUT2D eigenvalue weighted by Gasteiger charge is -1.98. The summed E-state index contributed by atoms with van der Waals surface area (Å²) in [4.78, 5) is 14.4. The molecule has 0 aliphatic heterocycles. The summed E-state index contributed by atoms with van der Waals surface area (Å²) < 4.78 is 12.6. The lowest BCUT2D eigenvalue weighted by Crippen LogP contribution is -2.17. The highest BCUT2D eigenvalue weighted by atomic mass is 19.1. The minimum absolute atomic E-state index is 0.357. The summed E-state index contributed by atoms with van der Waals surface area (Å²) in [5, 5.41) is 3.76. The van der Waals surface area contributed by atoms with E-state index in [4.69, 9.17) is 0 Å². The number of halogens is 1. The van der Waals surface area contributed by atoms with E-state index < -0.39 is 0 Å². The van der Waals surface area contributed by atoms with Gasteiger partial charge in [-0.1, -0.05) is 0 Å².